The Labute approximate surface area is 232 Å². The van der Waals surface area contributed by atoms with Crippen molar-refractivity contribution in [3.8, 4) is 21.8 Å². The number of aliphatic hydroxyl groups excluding tert-OH is 1. The number of sulfonamides is 1. The van der Waals surface area contributed by atoms with E-state index in [4.69, 9.17) is 4.98 Å². The van der Waals surface area contributed by atoms with Crippen molar-refractivity contribution in [2.45, 2.75) is 17.4 Å². The molecule has 7 nitrogen and oxygen atoms in total. The molecule has 2 aromatic heterocycles. The predicted molar refractivity (Wildman–Crippen MR) is 156 cm³/mol. The fourth-order valence-electron chi connectivity index (χ4n) is 4.04. The van der Waals surface area contributed by atoms with Crippen molar-refractivity contribution >= 4 is 27.0 Å². The van der Waals surface area contributed by atoms with Crippen LogP contribution in [0.4, 0.5) is 5.69 Å². The normalized spacial score (nSPS) is 12.2. The lowest BCUT2D eigenvalue weighted by molar-refractivity contribution is 0.174. The zero-order valence-electron chi connectivity index (χ0n) is 21.1. The summed E-state index contributed by atoms with van der Waals surface area (Å²) in [4.78, 5) is 8.91. The monoisotopic (exact) mass is 556 g/mol. The van der Waals surface area contributed by atoms with Gasteiger partial charge in [0.05, 0.1) is 16.7 Å². The van der Waals surface area contributed by atoms with Crippen molar-refractivity contribution in [2.75, 3.05) is 17.8 Å². The van der Waals surface area contributed by atoms with Gasteiger partial charge in [-0.25, -0.2) is 13.4 Å². The second-order valence-electron chi connectivity index (χ2n) is 8.99. The van der Waals surface area contributed by atoms with Gasteiger partial charge in [-0.3, -0.25) is 9.71 Å². The fraction of sp³-hybridized carbons (Fsp3) is 0.133. The van der Waals surface area contributed by atoms with Crippen LogP contribution in [0.2, 0.25) is 0 Å². The van der Waals surface area contributed by atoms with E-state index < -0.39 is 16.1 Å². The molecule has 0 radical (unpaired) electrons. The molecule has 1 unspecified atom stereocenters. The summed E-state index contributed by atoms with van der Waals surface area (Å²) in [5.41, 5.74) is 5.14. The molecule has 39 heavy (non-hydrogen) atoms. The van der Waals surface area contributed by atoms with E-state index in [9.17, 15) is 13.5 Å². The maximum atomic E-state index is 13.0. The highest BCUT2D eigenvalue weighted by Crippen LogP contribution is 2.29. The number of nitrogens with zero attached hydrogens (tertiary/aromatic N) is 2. The molecule has 3 N–H and O–H groups in total. The Kier molecular flexibility index (Phi) is 8.43. The molecule has 0 amide bonds. The minimum atomic E-state index is -3.73. The SMILES string of the molecule is O=S(=O)(Nc1ccc(CCNCC(O)c2cccnc2)cc1)c1ccc(-c2nc(-c3ccccc3)cs2)cc1. The van der Waals surface area contributed by atoms with E-state index in [0.29, 0.717) is 18.8 Å². The molecule has 0 aliphatic rings. The lowest BCUT2D eigenvalue weighted by Gasteiger charge is -2.12. The molecule has 0 spiro atoms. The van der Waals surface area contributed by atoms with Crippen LogP contribution in [0.1, 0.15) is 17.2 Å². The van der Waals surface area contributed by atoms with Crippen LogP contribution in [0, 0.1) is 0 Å². The van der Waals surface area contributed by atoms with Gasteiger partial charge in [0.1, 0.15) is 5.01 Å². The molecular formula is C30H28N4O3S2. The maximum Gasteiger partial charge on any atom is 0.261 e. The summed E-state index contributed by atoms with van der Waals surface area (Å²) in [7, 11) is -3.73. The third kappa shape index (κ3) is 6.96. The van der Waals surface area contributed by atoms with Gasteiger partial charge in [-0.05, 0) is 48.9 Å². The number of nitrogens with one attached hydrogen (secondary N) is 2. The van der Waals surface area contributed by atoms with Crippen LogP contribution in [0.25, 0.3) is 21.8 Å². The molecular weight excluding hydrogens is 528 g/mol. The standard InChI is InChI=1S/C30H28N4O3S2/c35-29(25-7-4-17-31-19-25)20-32-18-16-22-8-12-26(13-9-22)34-39(36,37)27-14-10-24(11-15-27)30-33-28(21-38-30)23-5-2-1-3-6-23/h1-15,17,19,21,29,32,34-35H,16,18,20H2. The van der Waals surface area contributed by atoms with Crippen molar-refractivity contribution in [3.63, 3.8) is 0 Å². The first-order chi connectivity index (χ1) is 19.0. The molecule has 0 saturated heterocycles. The number of pyridine rings is 1. The second kappa shape index (κ2) is 12.3. The number of hydrogen-bond acceptors (Lipinski definition) is 7. The number of thiazole rings is 1. The minimum Gasteiger partial charge on any atom is -0.387 e. The molecule has 3 aromatic carbocycles. The van der Waals surface area contributed by atoms with Gasteiger partial charge < -0.3 is 10.4 Å². The van der Waals surface area contributed by atoms with E-state index in [1.54, 1.807) is 54.9 Å². The van der Waals surface area contributed by atoms with Crippen LogP contribution in [0.5, 0.6) is 0 Å². The van der Waals surface area contributed by atoms with Crippen molar-refractivity contribution in [2.24, 2.45) is 0 Å². The summed E-state index contributed by atoms with van der Waals surface area (Å²) in [6.07, 6.45) is 3.46. The summed E-state index contributed by atoms with van der Waals surface area (Å²) >= 11 is 1.53. The Bertz CT molecular complexity index is 1590. The molecule has 0 aliphatic carbocycles. The third-order valence-electron chi connectivity index (χ3n) is 6.19. The smallest absolute Gasteiger partial charge is 0.261 e. The molecule has 5 aromatic rings. The highest BCUT2D eigenvalue weighted by atomic mass is 32.2. The van der Waals surface area contributed by atoms with E-state index in [-0.39, 0.29) is 4.90 Å². The van der Waals surface area contributed by atoms with Gasteiger partial charge in [0.2, 0.25) is 0 Å². The molecule has 0 fully saturated rings. The number of rotatable bonds is 11. The summed E-state index contributed by atoms with van der Waals surface area (Å²) < 4.78 is 28.6. The van der Waals surface area contributed by atoms with E-state index in [0.717, 1.165) is 39.4 Å². The molecule has 198 valence electrons. The first-order valence-corrected chi connectivity index (χ1v) is 14.9. The molecule has 1 atom stereocenters. The Morgan fingerprint density at radius 3 is 2.36 bits per heavy atom. The molecule has 9 heteroatoms. The number of aliphatic hydroxyl groups is 1. The Morgan fingerprint density at radius 1 is 0.872 bits per heavy atom. The van der Waals surface area contributed by atoms with Crippen molar-refractivity contribution in [3.05, 3.63) is 120 Å². The molecule has 5 rings (SSSR count). The van der Waals surface area contributed by atoms with E-state index in [2.05, 4.69) is 15.0 Å². The molecule has 0 saturated carbocycles. The number of benzene rings is 3. The maximum absolute atomic E-state index is 13.0. The topological polar surface area (TPSA) is 104 Å². The fourth-order valence-corrected chi connectivity index (χ4v) is 5.93. The quantitative estimate of drug-likeness (QED) is 0.185. The first kappa shape index (κ1) is 26.7. The zero-order chi connectivity index (χ0) is 27.1. The Hall–Kier alpha value is -3.89. The molecule has 2 heterocycles. The molecule has 0 bridgehead atoms. The summed E-state index contributed by atoms with van der Waals surface area (Å²) in [6.45, 7) is 1.11. The lowest BCUT2D eigenvalue weighted by atomic mass is 10.1. The van der Waals surface area contributed by atoms with Gasteiger partial charge in [-0.2, -0.15) is 0 Å². The van der Waals surface area contributed by atoms with Gasteiger partial charge in [0.25, 0.3) is 10.0 Å². The highest BCUT2D eigenvalue weighted by molar-refractivity contribution is 7.92. The summed E-state index contributed by atoms with van der Waals surface area (Å²) in [6, 6.07) is 27.7. The van der Waals surface area contributed by atoms with Crippen LogP contribution >= 0.6 is 11.3 Å². The van der Waals surface area contributed by atoms with Crippen LogP contribution in [-0.4, -0.2) is 36.6 Å². The Morgan fingerprint density at radius 2 is 1.64 bits per heavy atom. The minimum absolute atomic E-state index is 0.187. The van der Waals surface area contributed by atoms with Gasteiger partial charge in [0.15, 0.2) is 0 Å². The average Bonchev–Trinajstić information content (AvgIpc) is 3.47. The van der Waals surface area contributed by atoms with Crippen LogP contribution < -0.4 is 10.0 Å². The van der Waals surface area contributed by atoms with E-state index in [1.807, 2.05) is 53.9 Å². The van der Waals surface area contributed by atoms with Crippen molar-refractivity contribution in [1.29, 1.82) is 0 Å². The summed E-state index contributed by atoms with van der Waals surface area (Å²) in [5, 5.41) is 16.3. The summed E-state index contributed by atoms with van der Waals surface area (Å²) in [5.74, 6) is 0. The van der Waals surface area contributed by atoms with Crippen LogP contribution in [0.3, 0.4) is 0 Å². The first-order valence-electron chi connectivity index (χ1n) is 12.5. The van der Waals surface area contributed by atoms with Crippen molar-refractivity contribution in [1.82, 2.24) is 15.3 Å². The van der Waals surface area contributed by atoms with E-state index >= 15 is 0 Å². The number of anilines is 1. The van der Waals surface area contributed by atoms with Gasteiger partial charge in [-0.1, -0.05) is 60.7 Å². The second-order valence-corrected chi connectivity index (χ2v) is 11.5. The number of hydrogen-bond donors (Lipinski definition) is 3. The highest BCUT2D eigenvalue weighted by Gasteiger charge is 2.15. The van der Waals surface area contributed by atoms with Crippen molar-refractivity contribution < 1.29 is 13.5 Å². The third-order valence-corrected chi connectivity index (χ3v) is 8.48. The van der Waals surface area contributed by atoms with Gasteiger partial charge >= 0.3 is 0 Å². The van der Waals surface area contributed by atoms with Crippen LogP contribution in [0.15, 0.2) is 114 Å². The average molecular weight is 557 g/mol. The van der Waals surface area contributed by atoms with Gasteiger partial charge in [-0.15, -0.1) is 11.3 Å². The number of aromatic nitrogens is 2. The largest absolute Gasteiger partial charge is 0.387 e. The van der Waals surface area contributed by atoms with E-state index in [1.165, 1.54) is 11.3 Å². The van der Waals surface area contributed by atoms with Crippen LogP contribution in [-0.2, 0) is 16.4 Å². The predicted octanol–water partition coefficient (Wildman–Crippen LogP) is 5.54. The van der Waals surface area contributed by atoms with Gasteiger partial charge in [0, 0.05) is 46.7 Å². The lowest BCUT2D eigenvalue weighted by Crippen LogP contribution is -2.23. The zero-order valence-corrected chi connectivity index (χ0v) is 22.7. The Balaban J connectivity index is 1.14. The molecule has 0 aliphatic heterocycles.